The fraction of sp³-hybridized carbons (Fsp3) is 0.286. The van der Waals surface area contributed by atoms with Gasteiger partial charge in [-0.05, 0) is 67.1 Å². The second-order valence-electron chi connectivity index (χ2n) is 7.97. The fourth-order valence-electron chi connectivity index (χ4n) is 3.27. The third kappa shape index (κ3) is 9.44. The summed E-state index contributed by atoms with van der Waals surface area (Å²) in [5.41, 5.74) is 3.50. The molecule has 0 aromatic heterocycles. The van der Waals surface area contributed by atoms with E-state index in [2.05, 4.69) is 17.5 Å². The van der Waals surface area contributed by atoms with Gasteiger partial charge in [0, 0.05) is 21.2 Å². The molecule has 0 heterocycles. The van der Waals surface area contributed by atoms with Gasteiger partial charge in [-0.1, -0.05) is 55.5 Å². The molecule has 0 spiro atoms. The van der Waals surface area contributed by atoms with E-state index in [0.29, 0.717) is 40.1 Å². The van der Waals surface area contributed by atoms with Crippen molar-refractivity contribution in [3.05, 3.63) is 87.9 Å². The first-order valence-electron chi connectivity index (χ1n) is 11.9. The van der Waals surface area contributed by atoms with Crippen molar-refractivity contribution in [1.29, 1.82) is 0 Å². The molecule has 0 aliphatic carbocycles. The van der Waals surface area contributed by atoms with Gasteiger partial charge >= 0.3 is 0 Å². The highest BCUT2D eigenvalue weighted by atomic mass is 35.5. The van der Waals surface area contributed by atoms with Crippen molar-refractivity contribution >= 4 is 35.3 Å². The van der Waals surface area contributed by atoms with E-state index in [1.807, 2.05) is 24.3 Å². The number of unbranched alkanes of at least 4 members (excludes halogenated alkanes) is 3. The number of carbonyl (C=O) groups is 1. The Hall–Kier alpha value is -3.22. The van der Waals surface area contributed by atoms with E-state index < -0.39 is 0 Å². The summed E-state index contributed by atoms with van der Waals surface area (Å²) in [6.07, 6.45) is 6.19. The molecule has 1 amide bonds. The molecule has 3 aromatic carbocycles. The van der Waals surface area contributed by atoms with Gasteiger partial charge in [-0.2, -0.15) is 5.10 Å². The minimum absolute atomic E-state index is 0.313. The van der Waals surface area contributed by atoms with Crippen LogP contribution in [0.25, 0.3) is 0 Å². The highest BCUT2D eigenvalue weighted by Crippen LogP contribution is 2.22. The van der Waals surface area contributed by atoms with E-state index in [1.165, 1.54) is 25.5 Å². The van der Waals surface area contributed by atoms with Crippen molar-refractivity contribution in [3.8, 4) is 17.2 Å². The van der Waals surface area contributed by atoms with Crippen LogP contribution in [-0.4, -0.2) is 31.9 Å². The SMILES string of the molecule is CCCCCCOc1ccc(OCCOc2ccc(Cl)cc2/C=N/NC(=O)c2cccc(Cl)c2)cc1. The van der Waals surface area contributed by atoms with E-state index in [4.69, 9.17) is 37.4 Å². The molecule has 0 aliphatic heterocycles. The van der Waals surface area contributed by atoms with E-state index in [1.54, 1.807) is 42.5 Å². The lowest BCUT2D eigenvalue weighted by Gasteiger charge is -2.11. The Balaban J connectivity index is 1.45. The third-order valence-corrected chi connectivity index (χ3v) is 5.60. The molecular weight excluding hydrogens is 499 g/mol. The number of halogens is 2. The molecule has 36 heavy (non-hydrogen) atoms. The van der Waals surface area contributed by atoms with Gasteiger partial charge in [0.05, 0.1) is 12.8 Å². The lowest BCUT2D eigenvalue weighted by atomic mass is 10.2. The summed E-state index contributed by atoms with van der Waals surface area (Å²) in [6, 6.07) is 19.3. The minimum atomic E-state index is -0.375. The predicted octanol–water partition coefficient (Wildman–Crippen LogP) is 7.17. The normalized spacial score (nSPS) is 10.9. The Morgan fingerprint density at radius 1 is 0.833 bits per heavy atom. The average molecular weight is 529 g/mol. The third-order valence-electron chi connectivity index (χ3n) is 5.13. The molecule has 0 fully saturated rings. The maximum atomic E-state index is 12.2. The summed E-state index contributed by atoms with van der Waals surface area (Å²) in [5.74, 6) is 1.76. The van der Waals surface area contributed by atoms with Crippen LogP contribution in [0.4, 0.5) is 0 Å². The molecule has 0 radical (unpaired) electrons. The van der Waals surface area contributed by atoms with E-state index in [-0.39, 0.29) is 5.91 Å². The van der Waals surface area contributed by atoms with E-state index in [9.17, 15) is 4.79 Å². The zero-order chi connectivity index (χ0) is 25.6. The maximum Gasteiger partial charge on any atom is 0.271 e. The largest absolute Gasteiger partial charge is 0.494 e. The van der Waals surface area contributed by atoms with Crippen molar-refractivity contribution in [2.45, 2.75) is 32.6 Å². The Kier molecular flexibility index (Phi) is 11.4. The number of nitrogens with one attached hydrogen (secondary N) is 1. The molecular formula is C28H30Cl2N2O4. The van der Waals surface area contributed by atoms with Gasteiger partial charge in [-0.25, -0.2) is 5.43 Å². The fourth-order valence-corrected chi connectivity index (χ4v) is 3.64. The van der Waals surface area contributed by atoms with Crippen molar-refractivity contribution in [1.82, 2.24) is 5.43 Å². The summed E-state index contributed by atoms with van der Waals surface area (Å²) in [4.78, 5) is 12.2. The quantitative estimate of drug-likeness (QED) is 0.137. The zero-order valence-electron chi connectivity index (χ0n) is 20.2. The van der Waals surface area contributed by atoms with Gasteiger partial charge in [0.15, 0.2) is 0 Å². The highest BCUT2D eigenvalue weighted by Gasteiger charge is 2.06. The number of nitrogens with zero attached hydrogens (tertiary/aromatic N) is 1. The standard InChI is InChI=1S/C28H30Cl2N2O4/c1-2-3-4-5-15-34-25-10-12-26(13-11-25)35-16-17-36-27-14-9-24(30)19-22(27)20-31-32-28(33)21-7-6-8-23(29)18-21/h6-14,18-20H,2-5,15-17H2,1H3,(H,32,33)/b31-20+. The predicted molar refractivity (Wildman–Crippen MR) is 145 cm³/mol. The first-order valence-corrected chi connectivity index (χ1v) is 12.7. The smallest absolute Gasteiger partial charge is 0.271 e. The molecule has 6 nitrogen and oxygen atoms in total. The second kappa shape index (κ2) is 15.0. The van der Waals surface area contributed by atoms with Gasteiger partial charge in [-0.15, -0.1) is 0 Å². The molecule has 0 unspecified atom stereocenters. The van der Waals surface area contributed by atoms with E-state index >= 15 is 0 Å². The molecule has 0 saturated heterocycles. The average Bonchev–Trinajstić information content (AvgIpc) is 2.88. The monoisotopic (exact) mass is 528 g/mol. The van der Waals surface area contributed by atoms with Crippen LogP contribution >= 0.6 is 23.2 Å². The van der Waals surface area contributed by atoms with Gasteiger partial charge in [-0.3, -0.25) is 4.79 Å². The molecule has 190 valence electrons. The molecule has 3 rings (SSSR count). The van der Waals surface area contributed by atoms with Crippen molar-refractivity contribution < 1.29 is 19.0 Å². The summed E-state index contributed by atoms with van der Waals surface area (Å²) in [6.45, 7) is 3.58. The van der Waals surface area contributed by atoms with Crippen LogP contribution in [0.15, 0.2) is 71.8 Å². The Morgan fingerprint density at radius 2 is 1.53 bits per heavy atom. The molecule has 0 saturated carbocycles. The number of carbonyl (C=O) groups excluding carboxylic acids is 1. The molecule has 0 atom stereocenters. The maximum absolute atomic E-state index is 12.2. The van der Waals surface area contributed by atoms with Crippen molar-refractivity contribution in [3.63, 3.8) is 0 Å². The first kappa shape index (κ1) is 27.4. The lowest BCUT2D eigenvalue weighted by molar-refractivity contribution is 0.0955. The number of rotatable bonds is 14. The van der Waals surface area contributed by atoms with Gasteiger partial charge in [0.2, 0.25) is 0 Å². The minimum Gasteiger partial charge on any atom is -0.494 e. The Bertz CT molecular complexity index is 1140. The van der Waals surface area contributed by atoms with E-state index in [0.717, 1.165) is 24.5 Å². The summed E-state index contributed by atoms with van der Waals surface area (Å²) >= 11 is 12.1. The molecule has 1 N–H and O–H groups in total. The number of amides is 1. The highest BCUT2D eigenvalue weighted by molar-refractivity contribution is 6.31. The molecule has 8 heteroatoms. The Labute approximate surface area is 222 Å². The van der Waals surface area contributed by atoms with Crippen LogP contribution in [0.1, 0.15) is 48.5 Å². The van der Waals surface area contributed by atoms with Gasteiger partial charge in [0.1, 0.15) is 30.5 Å². The van der Waals surface area contributed by atoms with Crippen LogP contribution < -0.4 is 19.6 Å². The summed E-state index contributed by atoms with van der Waals surface area (Å²) < 4.78 is 17.4. The van der Waals surface area contributed by atoms with Crippen molar-refractivity contribution in [2.75, 3.05) is 19.8 Å². The molecule has 0 bridgehead atoms. The zero-order valence-corrected chi connectivity index (χ0v) is 21.7. The molecule has 3 aromatic rings. The summed E-state index contributed by atoms with van der Waals surface area (Å²) in [7, 11) is 0. The lowest BCUT2D eigenvalue weighted by Crippen LogP contribution is -2.17. The van der Waals surface area contributed by atoms with Gasteiger partial charge in [0.25, 0.3) is 5.91 Å². The first-order chi connectivity index (χ1) is 17.5. The Morgan fingerprint density at radius 3 is 2.25 bits per heavy atom. The van der Waals surface area contributed by atoms with Crippen LogP contribution in [-0.2, 0) is 0 Å². The van der Waals surface area contributed by atoms with Crippen LogP contribution in [0.2, 0.25) is 10.0 Å². The topological polar surface area (TPSA) is 69.2 Å². The number of hydrazone groups is 1. The number of benzene rings is 3. The second-order valence-corrected chi connectivity index (χ2v) is 8.84. The summed E-state index contributed by atoms with van der Waals surface area (Å²) in [5, 5.41) is 5.02. The number of hydrogen-bond acceptors (Lipinski definition) is 5. The van der Waals surface area contributed by atoms with Crippen molar-refractivity contribution in [2.24, 2.45) is 5.10 Å². The van der Waals surface area contributed by atoms with Crippen LogP contribution in [0, 0.1) is 0 Å². The molecule has 0 aliphatic rings. The number of ether oxygens (including phenoxy) is 3. The van der Waals surface area contributed by atoms with Gasteiger partial charge < -0.3 is 14.2 Å². The number of hydrogen-bond donors (Lipinski definition) is 1. The van der Waals surface area contributed by atoms with Crippen LogP contribution in [0.5, 0.6) is 17.2 Å². The van der Waals surface area contributed by atoms with Crippen LogP contribution in [0.3, 0.4) is 0 Å².